The Hall–Kier alpha value is -3.15. The van der Waals surface area contributed by atoms with E-state index in [1.165, 1.54) is 37.6 Å². The Morgan fingerprint density at radius 3 is 2.28 bits per heavy atom. The molecule has 1 aromatic carbocycles. The predicted octanol–water partition coefficient (Wildman–Crippen LogP) is 2.70. The van der Waals surface area contributed by atoms with E-state index in [0.29, 0.717) is 59.7 Å². The molecule has 1 amide bonds. The van der Waals surface area contributed by atoms with Crippen molar-refractivity contribution in [3.05, 3.63) is 44.6 Å². The van der Waals surface area contributed by atoms with Crippen molar-refractivity contribution in [3.8, 4) is 17.2 Å². The smallest absolute Gasteiger partial charge is 0.290 e. The van der Waals surface area contributed by atoms with Gasteiger partial charge in [-0.2, -0.15) is 0 Å². The Labute approximate surface area is 214 Å². The first kappa shape index (κ1) is 25.9. The van der Waals surface area contributed by atoms with E-state index in [9.17, 15) is 14.7 Å². The first-order valence-corrected chi connectivity index (χ1v) is 12.4. The molecular weight excluding hydrogens is 486 g/mol. The lowest BCUT2D eigenvalue weighted by Gasteiger charge is -2.32. The van der Waals surface area contributed by atoms with Gasteiger partial charge < -0.3 is 29.0 Å². The second-order valence-corrected chi connectivity index (χ2v) is 9.76. The van der Waals surface area contributed by atoms with Gasteiger partial charge in [-0.1, -0.05) is 0 Å². The minimum Gasteiger partial charge on any atom is -0.503 e. The van der Waals surface area contributed by atoms with E-state index in [0.717, 1.165) is 18.1 Å². The van der Waals surface area contributed by atoms with E-state index in [4.69, 9.17) is 18.9 Å². The number of ketones is 1. The third kappa shape index (κ3) is 4.78. The number of aliphatic hydroxyl groups is 1. The average molecular weight is 518 g/mol. The number of thiazole rings is 1. The zero-order valence-corrected chi connectivity index (χ0v) is 21.9. The van der Waals surface area contributed by atoms with Crippen LogP contribution in [0.1, 0.15) is 32.0 Å². The Balaban J connectivity index is 1.80. The van der Waals surface area contributed by atoms with Crippen LogP contribution in [0.5, 0.6) is 17.2 Å². The molecular formula is C25H31N3O7S. The summed E-state index contributed by atoms with van der Waals surface area (Å²) in [5, 5.41) is 11.7. The Morgan fingerprint density at radius 2 is 1.75 bits per heavy atom. The molecule has 1 aromatic heterocycles. The Kier molecular flexibility index (Phi) is 7.82. The summed E-state index contributed by atoms with van der Waals surface area (Å²) >= 11 is 1.24. The van der Waals surface area contributed by atoms with Crippen LogP contribution in [-0.4, -0.2) is 92.3 Å². The van der Waals surface area contributed by atoms with Crippen LogP contribution in [-0.2, 0) is 9.53 Å². The summed E-state index contributed by atoms with van der Waals surface area (Å²) in [4.78, 5) is 35.6. The SMILES string of the molecule is COc1cc(C2C(C(=O)c3sc(C)nc3C)=C(O)C(=O)N2CCN2CCOCC2)cc(OC)c1OC. The number of aryl methyl sites for hydroxylation is 2. The van der Waals surface area contributed by atoms with Gasteiger partial charge >= 0.3 is 0 Å². The highest BCUT2D eigenvalue weighted by Crippen LogP contribution is 2.45. The molecule has 3 heterocycles. The number of amides is 1. The molecule has 194 valence electrons. The summed E-state index contributed by atoms with van der Waals surface area (Å²) in [7, 11) is 4.50. The molecule has 2 aromatic rings. The molecule has 0 saturated carbocycles. The van der Waals surface area contributed by atoms with E-state index >= 15 is 0 Å². The molecule has 36 heavy (non-hydrogen) atoms. The zero-order valence-electron chi connectivity index (χ0n) is 21.1. The fraction of sp³-hybridized carbons (Fsp3) is 0.480. The highest BCUT2D eigenvalue weighted by Gasteiger charge is 2.45. The maximum Gasteiger partial charge on any atom is 0.290 e. The summed E-state index contributed by atoms with van der Waals surface area (Å²) in [6.45, 7) is 7.19. The van der Waals surface area contributed by atoms with Gasteiger partial charge in [0.15, 0.2) is 17.3 Å². The quantitative estimate of drug-likeness (QED) is 0.502. The number of aromatic nitrogens is 1. The molecule has 0 aliphatic carbocycles. The minimum absolute atomic E-state index is 0.0167. The van der Waals surface area contributed by atoms with E-state index < -0.39 is 23.5 Å². The molecule has 2 aliphatic rings. The van der Waals surface area contributed by atoms with Crippen molar-refractivity contribution in [1.82, 2.24) is 14.8 Å². The summed E-state index contributed by atoms with van der Waals surface area (Å²) in [5.74, 6) is -0.402. The standard InChI is InChI=1S/C25H31N3O7S/c1-14-24(36-15(2)26-14)21(29)19-20(16-12-17(32-3)23(34-5)18(13-16)33-4)28(25(31)22(19)30)7-6-27-8-10-35-11-9-27/h12-13,20,30H,6-11H2,1-5H3. The normalized spacial score (nSPS) is 18.6. The molecule has 0 spiro atoms. The zero-order chi connectivity index (χ0) is 26.0. The maximum absolute atomic E-state index is 13.8. The van der Waals surface area contributed by atoms with Crippen LogP contribution < -0.4 is 14.2 Å². The van der Waals surface area contributed by atoms with Crippen LogP contribution in [0.2, 0.25) is 0 Å². The summed E-state index contributed by atoms with van der Waals surface area (Å²) in [5.41, 5.74) is 1.14. The first-order valence-electron chi connectivity index (χ1n) is 11.6. The van der Waals surface area contributed by atoms with Gasteiger partial charge in [-0.3, -0.25) is 14.5 Å². The molecule has 0 radical (unpaired) electrons. The van der Waals surface area contributed by atoms with Crippen molar-refractivity contribution < 1.29 is 33.6 Å². The van der Waals surface area contributed by atoms with Crippen molar-refractivity contribution in [3.63, 3.8) is 0 Å². The highest BCUT2D eigenvalue weighted by molar-refractivity contribution is 7.14. The van der Waals surface area contributed by atoms with Gasteiger partial charge in [0.2, 0.25) is 11.5 Å². The number of carbonyl (C=O) groups excluding carboxylic acids is 2. The molecule has 1 unspecified atom stereocenters. The molecule has 1 atom stereocenters. The van der Waals surface area contributed by atoms with Gasteiger partial charge in [0.1, 0.15) is 0 Å². The van der Waals surface area contributed by atoms with E-state index in [1.54, 1.807) is 19.1 Å². The number of hydrogen-bond acceptors (Lipinski definition) is 10. The lowest BCUT2D eigenvalue weighted by molar-refractivity contribution is -0.129. The lowest BCUT2D eigenvalue weighted by Crippen LogP contribution is -2.43. The summed E-state index contributed by atoms with van der Waals surface area (Å²) < 4.78 is 21.9. The maximum atomic E-state index is 13.8. The van der Waals surface area contributed by atoms with Gasteiger partial charge in [-0.05, 0) is 31.5 Å². The monoisotopic (exact) mass is 517 g/mol. The van der Waals surface area contributed by atoms with Crippen molar-refractivity contribution in [1.29, 1.82) is 0 Å². The molecule has 11 heteroatoms. The predicted molar refractivity (Wildman–Crippen MR) is 133 cm³/mol. The van der Waals surface area contributed by atoms with Crippen LogP contribution in [0.3, 0.4) is 0 Å². The third-order valence-corrected chi connectivity index (χ3v) is 7.49. The van der Waals surface area contributed by atoms with Gasteiger partial charge in [-0.15, -0.1) is 11.3 Å². The molecule has 4 rings (SSSR count). The first-order chi connectivity index (χ1) is 17.3. The Bertz CT molecular complexity index is 1160. The third-order valence-electron chi connectivity index (χ3n) is 6.42. The lowest BCUT2D eigenvalue weighted by atomic mass is 9.94. The molecule has 1 saturated heterocycles. The number of nitrogens with zero attached hydrogens (tertiary/aromatic N) is 3. The van der Waals surface area contributed by atoms with Gasteiger partial charge in [0.25, 0.3) is 5.91 Å². The number of Topliss-reactive ketones (excluding diaryl/α,β-unsaturated/α-hetero) is 1. The topological polar surface area (TPSA) is 111 Å². The number of rotatable bonds is 9. The molecule has 0 bridgehead atoms. The number of ether oxygens (including phenoxy) is 4. The number of hydrogen-bond donors (Lipinski definition) is 1. The Morgan fingerprint density at radius 1 is 1.11 bits per heavy atom. The number of benzene rings is 1. The van der Waals surface area contributed by atoms with Crippen LogP contribution in [0, 0.1) is 13.8 Å². The fourth-order valence-corrected chi connectivity index (χ4v) is 5.53. The van der Waals surface area contributed by atoms with Crippen LogP contribution in [0.4, 0.5) is 0 Å². The van der Waals surface area contributed by atoms with Crippen molar-refractivity contribution in [2.24, 2.45) is 0 Å². The molecule has 10 nitrogen and oxygen atoms in total. The number of carbonyl (C=O) groups is 2. The minimum atomic E-state index is -0.846. The van der Waals surface area contributed by atoms with Gasteiger partial charge in [0.05, 0.1) is 61.7 Å². The van der Waals surface area contributed by atoms with Gasteiger partial charge in [0, 0.05) is 26.2 Å². The van der Waals surface area contributed by atoms with Crippen molar-refractivity contribution >= 4 is 23.0 Å². The number of methoxy groups -OCH3 is 3. The van der Waals surface area contributed by atoms with E-state index in [-0.39, 0.29) is 5.57 Å². The van der Waals surface area contributed by atoms with Crippen molar-refractivity contribution in [2.45, 2.75) is 19.9 Å². The highest BCUT2D eigenvalue weighted by atomic mass is 32.1. The van der Waals surface area contributed by atoms with Crippen LogP contribution >= 0.6 is 11.3 Å². The largest absolute Gasteiger partial charge is 0.503 e. The van der Waals surface area contributed by atoms with Crippen LogP contribution in [0.25, 0.3) is 0 Å². The van der Waals surface area contributed by atoms with E-state index in [1.807, 2.05) is 6.92 Å². The molecule has 1 fully saturated rings. The van der Waals surface area contributed by atoms with E-state index in [2.05, 4.69) is 9.88 Å². The summed E-state index contributed by atoms with van der Waals surface area (Å²) in [6.07, 6.45) is 0. The molecule has 2 aliphatic heterocycles. The number of aliphatic hydroxyl groups excluding tert-OH is 1. The van der Waals surface area contributed by atoms with Crippen molar-refractivity contribution in [2.75, 3.05) is 60.7 Å². The number of morpholine rings is 1. The molecule has 1 N–H and O–H groups in total. The second kappa shape index (κ2) is 10.9. The second-order valence-electron chi connectivity index (χ2n) is 8.55. The summed E-state index contributed by atoms with van der Waals surface area (Å²) in [6, 6.07) is 2.57. The fourth-order valence-electron chi connectivity index (χ4n) is 4.66. The van der Waals surface area contributed by atoms with Crippen LogP contribution in [0.15, 0.2) is 23.5 Å². The van der Waals surface area contributed by atoms with Gasteiger partial charge in [-0.25, -0.2) is 4.98 Å². The average Bonchev–Trinajstić information content (AvgIpc) is 3.36.